The topological polar surface area (TPSA) is 139 Å². The zero-order chi connectivity index (χ0) is 32.3. The number of hydrogen-bond donors (Lipinski definition) is 2. The number of nitrogens with one attached hydrogen (secondary N) is 1. The van der Waals surface area contributed by atoms with Crippen molar-refractivity contribution < 1.29 is 39.4 Å². The van der Waals surface area contributed by atoms with Gasteiger partial charge in [-0.25, -0.2) is 0 Å². The van der Waals surface area contributed by atoms with Gasteiger partial charge in [-0.15, -0.1) is 22.7 Å². The van der Waals surface area contributed by atoms with Crippen LogP contribution in [-0.4, -0.2) is 46.0 Å². The molecule has 0 saturated carbocycles. The van der Waals surface area contributed by atoms with Crippen LogP contribution < -0.4 is 19.7 Å². The van der Waals surface area contributed by atoms with Crippen LogP contribution in [0, 0.1) is 0 Å². The number of fused-ring (bicyclic) bond motifs is 2. The summed E-state index contributed by atoms with van der Waals surface area (Å²) in [7, 11) is -7.95. The fourth-order valence-electron chi connectivity index (χ4n) is 5.17. The molecule has 0 aliphatic carbocycles. The molecule has 1 aliphatic heterocycles. The Morgan fingerprint density at radius 1 is 0.957 bits per heavy atom. The molecule has 242 valence electrons. The summed E-state index contributed by atoms with van der Waals surface area (Å²) in [6.45, 7) is 2.63. The largest absolute Gasteiger partial charge is 0.438 e. The van der Waals surface area contributed by atoms with Crippen molar-refractivity contribution in [3.63, 3.8) is 0 Å². The Hall–Kier alpha value is -3.57. The lowest BCUT2D eigenvalue weighted by molar-refractivity contribution is -0.677. The van der Waals surface area contributed by atoms with E-state index in [2.05, 4.69) is 5.48 Å². The Bertz CT molecular complexity index is 2070. The first kappa shape index (κ1) is 32.4. The molecule has 0 fully saturated rings. The first-order valence-electron chi connectivity index (χ1n) is 14.5. The van der Waals surface area contributed by atoms with Gasteiger partial charge in [-0.3, -0.25) is 4.55 Å². The number of ether oxygens (including phenoxy) is 1. The van der Waals surface area contributed by atoms with E-state index in [0.717, 1.165) is 32.1 Å². The highest BCUT2D eigenvalue weighted by Crippen LogP contribution is 2.43. The highest BCUT2D eigenvalue weighted by atomic mass is 32.2. The molecule has 0 amide bonds. The lowest BCUT2D eigenvalue weighted by Gasteiger charge is -2.18. The summed E-state index contributed by atoms with van der Waals surface area (Å²) in [6.07, 6.45) is 2.12. The first-order chi connectivity index (χ1) is 22.1. The highest BCUT2D eigenvalue weighted by Gasteiger charge is 2.31. The molecule has 5 aromatic rings. The normalized spacial score (nSPS) is 14.3. The third-order valence-corrected chi connectivity index (χ3v) is 11.0. The van der Waals surface area contributed by atoms with Crippen LogP contribution in [0.2, 0.25) is 0 Å². The van der Waals surface area contributed by atoms with E-state index in [4.69, 9.17) is 13.4 Å². The second-order valence-corrected chi connectivity index (χ2v) is 15.6. The molecule has 3 aromatic heterocycles. The molecule has 0 bridgehead atoms. The lowest BCUT2D eigenvalue weighted by atomic mass is 10.1. The SMILES string of the molecule is CCNOS(=O)(=O)CCCN1C(=Cc2oc3ccc(-c4cccs4)cc3[n+]2CCCS(=O)(=O)O)Oc2ccc(-c3cccs3)cc21. The van der Waals surface area contributed by atoms with E-state index in [0.29, 0.717) is 36.2 Å². The molecule has 6 rings (SSSR count). The average Bonchev–Trinajstić information content (AvgIpc) is 3.83. The van der Waals surface area contributed by atoms with Gasteiger partial charge < -0.3 is 14.1 Å². The molecule has 1 aliphatic rings. The molecule has 0 spiro atoms. The summed E-state index contributed by atoms with van der Waals surface area (Å²) in [5.74, 6) is 0.811. The van der Waals surface area contributed by atoms with Crippen molar-refractivity contribution in [3.05, 3.63) is 83.2 Å². The maximum Gasteiger partial charge on any atom is 0.379 e. The van der Waals surface area contributed by atoms with E-state index in [-0.39, 0.29) is 25.1 Å². The number of oxazole rings is 1. The standard InChI is InChI=1S/C31H31N3O8S4/c1-2-32-42-46(38,39)18-6-14-34-25-20-23(29-8-4-16-44-29)10-12-27(25)41-31(34)21-30-33(13-5-17-45(35,36)37)24-19-22(9-11-26(24)40-30)28-7-3-15-43-28/h3-4,7-12,15-16,19-21,32H,2,5-6,13-14,17-18H2,1H3/p+1. The molecule has 46 heavy (non-hydrogen) atoms. The maximum atomic E-state index is 12.4. The summed E-state index contributed by atoms with van der Waals surface area (Å²) < 4.78 is 76.6. The summed E-state index contributed by atoms with van der Waals surface area (Å²) in [5, 5.41) is 4.00. The second-order valence-electron chi connectivity index (χ2n) is 10.5. The van der Waals surface area contributed by atoms with Crippen LogP contribution in [-0.2, 0) is 31.1 Å². The Labute approximate surface area is 275 Å². The van der Waals surface area contributed by atoms with Gasteiger partial charge in [0.1, 0.15) is 6.08 Å². The van der Waals surface area contributed by atoms with E-state index in [1.165, 1.54) is 0 Å². The molecule has 2 N–H and O–H groups in total. The van der Waals surface area contributed by atoms with E-state index in [1.807, 2.05) is 80.9 Å². The minimum atomic E-state index is -4.16. The first-order valence-corrected chi connectivity index (χ1v) is 19.5. The van der Waals surface area contributed by atoms with Gasteiger partial charge in [0.15, 0.2) is 12.3 Å². The lowest BCUT2D eigenvalue weighted by Crippen LogP contribution is -2.36. The number of anilines is 1. The van der Waals surface area contributed by atoms with Crippen molar-refractivity contribution in [3.8, 4) is 26.6 Å². The van der Waals surface area contributed by atoms with Gasteiger partial charge in [0.05, 0.1) is 17.2 Å². The van der Waals surface area contributed by atoms with Crippen LogP contribution in [0.15, 0.2) is 81.7 Å². The van der Waals surface area contributed by atoms with Crippen LogP contribution in [0.3, 0.4) is 0 Å². The van der Waals surface area contributed by atoms with Gasteiger partial charge in [0.25, 0.3) is 25.8 Å². The summed E-state index contributed by atoms with van der Waals surface area (Å²) in [5.41, 5.74) is 6.50. The Kier molecular flexibility index (Phi) is 9.61. The van der Waals surface area contributed by atoms with E-state index >= 15 is 0 Å². The minimum Gasteiger partial charge on any atom is -0.438 e. The third kappa shape index (κ3) is 7.52. The van der Waals surface area contributed by atoms with Crippen molar-refractivity contribution in [2.75, 3.05) is 29.5 Å². The number of aromatic nitrogens is 1. The van der Waals surface area contributed by atoms with Gasteiger partial charge >= 0.3 is 5.89 Å². The number of nitrogens with zero attached hydrogens (tertiary/aromatic N) is 2. The Morgan fingerprint density at radius 2 is 1.67 bits per heavy atom. The summed E-state index contributed by atoms with van der Waals surface area (Å²) >= 11 is 3.22. The van der Waals surface area contributed by atoms with Gasteiger partial charge in [-0.2, -0.15) is 31.2 Å². The zero-order valence-electron chi connectivity index (χ0n) is 24.8. The monoisotopic (exact) mass is 702 g/mol. The molecule has 11 nitrogen and oxygen atoms in total. The fraction of sp³-hybridized carbons (Fsp3) is 0.258. The van der Waals surface area contributed by atoms with Crippen molar-refractivity contribution in [2.24, 2.45) is 0 Å². The zero-order valence-corrected chi connectivity index (χ0v) is 28.1. The Balaban J connectivity index is 1.38. The number of thiophene rings is 2. The van der Waals surface area contributed by atoms with E-state index in [9.17, 15) is 21.4 Å². The molecule has 0 unspecified atom stereocenters. The van der Waals surface area contributed by atoms with Gasteiger partial charge in [0, 0.05) is 35.3 Å². The fourth-order valence-corrected chi connectivity index (χ4v) is 7.98. The van der Waals surface area contributed by atoms with Crippen LogP contribution in [0.5, 0.6) is 5.75 Å². The minimum absolute atomic E-state index is 0.149. The number of benzene rings is 2. The van der Waals surface area contributed by atoms with Crippen molar-refractivity contribution in [1.29, 1.82) is 0 Å². The second kappa shape index (κ2) is 13.7. The predicted octanol–water partition coefficient (Wildman–Crippen LogP) is 5.91. The maximum absolute atomic E-state index is 12.4. The number of aryl methyl sites for hydroxylation is 1. The molecule has 0 radical (unpaired) electrons. The third-order valence-electron chi connectivity index (χ3n) is 7.21. The highest BCUT2D eigenvalue weighted by molar-refractivity contribution is 7.86. The van der Waals surface area contributed by atoms with Crippen molar-refractivity contribution in [2.45, 2.75) is 26.3 Å². The molecule has 0 atom stereocenters. The quantitative estimate of drug-likeness (QED) is 0.0816. The Morgan fingerprint density at radius 3 is 2.35 bits per heavy atom. The molecule has 2 aromatic carbocycles. The smallest absolute Gasteiger partial charge is 0.379 e. The average molecular weight is 703 g/mol. The molecule has 0 saturated heterocycles. The van der Waals surface area contributed by atoms with E-state index < -0.39 is 26.0 Å². The van der Waals surface area contributed by atoms with Crippen LogP contribution >= 0.6 is 22.7 Å². The van der Waals surface area contributed by atoms with Gasteiger partial charge in [-0.05, 0) is 70.8 Å². The molecule has 4 heterocycles. The molecule has 15 heteroatoms. The summed E-state index contributed by atoms with van der Waals surface area (Å²) in [4.78, 5) is 4.06. The van der Waals surface area contributed by atoms with Crippen molar-refractivity contribution in [1.82, 2.24) is 5.48 Å². The number of hydroxylamine groups is 1. The van der Waals surface area contributed by atoms with Gasteiger partial charge in [0.2, 0.25) is 11.5 Å². The van der Waals surface area contributed by atoms with Crippen LogP contribution in [0.4, 0.5) is 5.69 Å². The summed E-state index contributed by atoms with van der Waals surface area (Å²) in [6, 6.07) is 19.7. The molecular formula is C31H32N3O8S4+. The predicted molar refractivity (Wildman–Crippen MR) is 180 cm³/mol. The van der Waals surface area contributed by atoms with Crippen LogP contribution in [0.1, 0.15) is 25.7 Å². The van der Waals surface area contributed by atoms with Crippen LogP contribution in [0.25, 0.3) is 38.1 Å². The van der Waals surface area contributed by atoms with E-state index in [1.54, 1.807) is 35.7 Å². The molecular weight excluding hydrogens is 671 g/mol. The van der Waals surface area contributed by atoms with Crippen molar-refractivity contribution >= 4 is 65.8 Å². The van der Waals surface area contributed by atoms with Gasteiger partial charge in [-0.1, -0.05) is 19.1 Å². The number of hydrogen-bond acceptors (Lipinski definition) is 11. The number of rotatable bonds is 14.